The lowest BCUT2D eigenvalue weighted by Gasteiger charge is -2.10. The van der Waals surface area contributed by atoms with E-state index >= 15 is 0 Å². The summed E-state index contributed by atoms with van der Waals surface area (Å²) in [5, 5.41) is 4.61. The second kappa shape index (κ2) is 7.79. The first-order valence-corrected chi connectivity index (χ1v) is 9.81. The fourth-order valence-electron chi connectivity index (χ4n) is 2.01. The van der Waals surface area contributed by atoms with Gasteiger partial charge in [0.15, 0.2) is 16.4 Å². The molecule has 23 heavy (non-hydrogen) atoms. The molecule has 0 fully saturated rings. The van der Waals surface area contributed by atoms with Crippen LogP contribution in [-0.4, -0.2) is 39.0 Å². The Morgan fingerprint density at radius 1 is 1.22 bits per heavy atom. The first-order valence-electron chi connectivity index (χ1n) is 7.20. The molecule has 0 unspecified atom stereocenters. The number of benzene rings is 2. The standard InChI is InChI=1S/C16H18BrNO4S/c1-2-23(20,21)10-9-18-15(19)11-22-14-8-7-12-5-3-4-6-13(12)16(14)17/h3-8H,2,9-11H2,1H3,(H,18,19). The van der Waals surface area contributed by atoms with Gasteiger partial charge in [0, 0.05) is 12.3 Å². The summed E-state index contributed by atoms with van der Waals surface area (Å²) < 4.78 is 29.0. The van der Waals surface area contributed by atoms with Crippen molar-refractivity contribution < 1.29 is 17.9 Å². The van der Waals surface area contributed by atoms with Crippen molar-refractivity contribution in [2.45, 2.75) is 6.92 Å². The zero-order valence-electron chi connectivity index (χ0n) is 12.7. The molecule has 0 aliphatic heterocycles. The van der Waals surface area contributed by atoms with Crippen molar-refractivity contribution in [2.24, 2.45) is 0 Å². The van der Waals surface area contributed by atoms with Crippen molar-refractivity contribution in [3.05, 3.63) is 40.9 Å². The maximum absolute atomic E-state index is 11.7. The summed E-state index contributed by atoms with van der Waals surface area (Å²) in [5.41, 5.74) is 0. The van der Waals surface area contributed by atoms with E-state index in [0.717, 1.165) is 15.2 Å². The van der Waals surface area contributed by atoms with Gasteiger partial charge in [-0.3, -0.25) is 4.79 Å². The number of hydrogen-bond acceptors (Lipinski definition) is 4. The molecule has 0 spiro atoms. The highest BCUT2D eigenvalue weighted by molar-refractivity contribution is 9.10. The Bertz CT molecular complexity index is 805. The number of carbonyl (C=O) groups is 1. The van der Waals surface area contributed by atoms with Gasteiger partial charge in [-0.2, -0.15) is 0 Å². The summed E-state index contributed by atoms with van der Waals surface area (Å²) >= 11 is 3.48. The minimum Gasteiger partial charge on any atom is -0.483 e. The molecular formula is C16H18BrNO4S. The molecule has 0 bridgehead atoms. The molecule has 0 heterocycles. The van der Waals surface area contributed by atoms with E-state index in [-0.39, 0.29) is 30.6 Å². The molecule has 1 amide bonds. The number of amides is 1. The third-order valence-corrected chi connectivity index (χ3v) is 5.89. The number of hydrogen-bond donors (Lipinski definition) is 1. The molecule has 2 aromatic carbocycles. The van der Waals surface area contributed by atoms with E-state index in [1.807, 2.05) is 30.3 Å². The van der Waals surface area contributed by atoms with Crippen LogP contribution in [-0.2, 0) is 14.6 Å². The third kappa shape index (κ3) is 4.94. The fourth-order valence-corrected chi connectivity index (χ4v) is 3.32. The first kappa shape index (κ1) is 17.7. The van der Waals surface area contributed by atoms with Gasteiger partial charge in [0.1, 0.15) is 5.75 Å². The van der Waals surface area contributed by atoms with Gasteiger partial charge in [-0.15, -0.1) is 0 Å². The second-order valence-electron chi connectivity index (χ2n) is 4.97. The van der Waals surface area contributed by atoms with Gasteiger partial charge in [0.25, 0.3) is 5.91 Å². The summed E-state index contributed by atoms with van der Waals surface area (Å²) in [6, 6.07) is 11.5. The average molecular weight is 400 g/mol. The highest BCUT2D eigenvalue weighted by Crippen LogP contribution is 2.32. The molecule has 0 aliphatic carbocycles. The molecule has 0 saturated heterocycles. The normalized spacial score (nSPS) is 11.4. The van der Waals surface area contributed by atoms with Gasteiger partial charge >= 0.3 is 0 Å². The van der Waals surface area contributed by atoms with E-state index in [1.165, 1.54) is 0 Å². The smallest absolute Gasteiger partial charge is 0.257 e. The van der Waals surface area contributed by atoms with E-state index < -0.39 is 9.84 Å². The summed E-state index contributed by atoms with van der Waals surface area (Å²) in [6.45, 7) is 1.51. The predicted octanol–water partition coefficient (Wildman–Crippen LogP) is 2.53. The molecule has 0 radical (unpaired) electrons. The van der Waals surface area contributed by atoms with E-state index in [1.54, 1.807) is 13.0 Å². The number of rotatable bonds is 7. The Morgan fingerprint density at radius 3 is 2.70 bits per heavy atom. The maximum Gasteiger partial charge on any atom is 0.257 e. The maximum atomic E-state index is 11.7. The number of halogens is 1. The molecule has 0 aliphatic rings. The molecule has 5 nitrogen and oxygen atoms in total. The largest absolute Gasteiger partial charge is 0.483 e. The van der Waals surface area contributed by atoms with Crippen LogP contribution in [0.1, 0.15) is 6.92 Å². The lowest BCUT2D eigenvalue weighted by Crippen LogP contribution is -2.33. The molecule has 0 aromatic heterocycles. The lowest BCUT2D eigenvalue weighted by atomic mass is 10.1. The van der Waals surface area contributed by atoms with E-state index in [2.05, 4.69) is 21.2 Å². The van der Waals surface area contributed by atoms with Crippen LogP contribution < -0.4 is 10.1 Å². The first-order chi connectivity index (χ1) is 10.9. The van der Waals surface area contributed by atoms with E-state index in [4.69, 9.17) is 4.74 Å². The summed E-state index contributed by atoms with van der Waals surface area (Å²) in [4.78, 5) is 11.7. The van der Waals surface area contributed by atoms with Crippen molar-refractivity contribution in [3.8, 4) is 5.75 Å². The highest BCUT2D eigenvalue weighted by Gasteiger charge is 2.10. The van der Waals surface area contributed by atoms with Crippen LogP contribution in [0, 0.1) is 0 Å². The van der Waals surface area contributed by atoms with Crippen LogP contribution in [0.2, 0.25) is 0 Å². The average Bonchev–Trinajstić information content (AvgIpc) is 2.54. The quantitative estimate of drug-likeness (QED) is 0.776. The Hall–Kier alpha value is -1.60. The van der Waals surface area contributed by atoms with Crippen molar-refractivity contribution in [3.63, 3.8) is 0 Å². The molecule has 7 heteroatoms. The number of ether oxygens (including phenoxy) is 1. The predicted molar refractivity (Wildman–Crippen MR) is 94.5 cm³/mol. The molecule has 124 valence electrons. The Balaban J connectivity index is 1.91. The van der Waals surface area contributed by atoms with Gasteiger partial charge in [0.2, 0.25) is 0 Å². The van der Waals surface area contributed by atoms with Crippen LogP contribution in [0.15, 0.2) is 40.9 Å². The molecule has 2 rings (SSSR count). The molecule has 1 N–H and O–H groups in total. The summed E-state index contributed by atoms with van der Waals surface area (Å²) in [5.74, 6) is 0.231. The van der Waals surface area contributed by atoms with Gasteiger partial charge < -0.3 is 10.1 Å². The minimum atomic E-state index is -3.08. The highest BCUT2D eigenvalue weighted by atomic mass is 79.9. The third-order valence-electron chi connectivity index (χ3n) is 3.36. The zero-order chi connectivity index (χ0) is 16.9. The molecular weight excluding hydrogens is 382 g/mol. The second-order valence-corrected chi connectivity index (χ2v) is 8.24. The van der Waals surface area contributed by atoms with Crippen molar-refractivity contribution in [1.29, 1.82) is 0 Å². The zero-order valence-corrected chi connectivity index (χ0v) is 15.1. The summed E-state index contributed by atoms with van der Waals surface area (Å²) in [6.07, 6.45) is 0. The van der Waals surface area contributed by atoms with E-state index in [9.17, 15) is 13.2 Å². The van der Waals surface area contributed by atoms with Crippen molar-refractivity contribution in [1.82, 2.24) is 5.32 Å². The molecule has 0 atom stereocenters. The van der Waals surface area contributed by atoms with Crippen molar-refractivity contribution >= 4 is 42.4 Å². The molecule has 0 saturated carbocycles. The van der Waals surface area contributed by atoms with Crippen LogP contribution in [0.25, 0.3) is 10.8 Å². The number of fused-ring (bicyclic) bond motifs is 1. The number of sulfone groups is 1. The van der Waals surface area contributed by atoms with Crippen LogP contribution in [0.4, 0.5) is 0 Å². The SMILES string of the molecule is CCS(=O)(=O)CCNC(=O)COc1ccc2ccccc2c1Br. The van der Waals surface area contributed by atoms with Gasteiger partial charge in [-0.1, -0.05) is 37.3 Å². The minimum absolute atomic E-state index is 0.0606. The fraction of sp³-hybridized carbons (Fsp3) is 0.312. The van der Waals surface area contributed by atoms with Crippen LogP contribution >= 0.6 is 15.9 Å². The van der Waals surface area contributed by atoms with E-state index in [0.29, 0.717) is 5.75 Å². The number of carbonyl (C=O) groups excluding carboxylic acids is 1. The lowest BCUT2D eigenvalue weighted by molar-refractivity contribution is -0.122. The molecule has 2 aromatic rings. The van der Waals surface area contributed by atoms with Gasteiger partial charge in [0.05, 0.1) is 10.2 Å². The van der Waals surface area contributed by atoms with Gasteiger partial charge in [-0.25, -0.2) is 8.42 Å². The summed E-state index contributed by atoms with van der Waals surface area (Å²) in [7, 11) is -3.08. The topological polar surface area (TPSA) is 72.5 Å². The van der Waals surface area contributed by atoms with Crippen molar-refractivity contribution in [2.75, 3.05) is 24.7 Å². The van der Waals surface area contributed by atoms with Crippen LogP contribution in [0.3, 0.4) is 0 Å². The van der Waals surface area contributed by atoms with Gasteiger partial charge in [-0.05, 0) is 32.8 Å². The Kier molecular flexibility index (Phi) is 6.01. The Labute approximate surface area is 144 Å². The monoisotopic (exact) mass is 399 g/mol. The van der Waals surface area contributed by atoms with Crippen LogP contribution in [0.5, 0.6) is 5.75 Å². The Morgan fingerprint density at radius 2 is 1.96 bits per heavy atom. The number of nitrogens with one attached hydrogen (secondary N) is 1.